The van der Waals surface area contributed by atoms with E-state index in [9.17, 15) is 28.8 Å². The molecule has 84 heavy (non-hydrogen) atoms. The van der Waals surface area contributed by atoms with E-state index in [-0.39, 0.29) is 38.5 Å². The highest BCUT2D eigenvalue weighted by Crippen LogP contribution is 2.52. The molecular weight excluding hydrogens is 1180 g/mol. The molecule has 0 N–H and O–H groups in total. The maximum Gasteiger partial charge on any atom is 0.323 e. The highest BCUT2D eigenvalue weighted by atomic mass is 32.1. The van der Waals surface area contributed by atoms with Crippen LogP contribution in [0.5, 0.6) is 0 Å². The molecule has 7 aromatic heterocycles. The quantitative estimate of drug-likeness (QED) is 0.0883. The molecule has 13 rings (SSSR count). The summed E-state index contributed by atoms with van der Waals surface area (Å²) in [5.41, 5.74) is 3.53. The molecule has 426 valence electrons. The van der Waals surface area contributed by atoms with Crippen LogP contribution in [0.2, 0.25) is 0 Å². The zero-order valence-corrected chi connectivity index (χ0v) is 52.2. The van der Waals surface area contributed by atoms with E-state index in [0.29, 0.717) is 0 Å². The third kappa shape index (κ3) is 8.32. The Morgan fingerprint density at radius 2 is 0.464 bits per heavy atom. The van der Waals surface area contributed by atoms with Gasteiger partial charge in [-0.25, -0.2) is 0 Å². The molecule has 18 heteroatoms. The first kappa shape index (κ1) is 55.8. The minimum atomic E-state index is -1.57. The summed E-state index contributed by atoms with van der Waals surface area (Å²) in [7, 11) is 7.83. The van der Waals surface area contributed by atoms with E-state index >= 15 is 0 Å². The summed E-state index contributed by atoms with van der Waals surface area (Å²) in [5, 5.41) is 5.72. The van der Waals surface area contributed by atoms with Crippen molar-refractivity contribution in [2.75, 3.05) is 42.7 Å². The fourth-order valence-corrected chi connectivity index (χ4v) is 20.1. The maximum absolute atomic E-state index is 13.9. The molecule has 0 amide bonds. The molecule has 0 fully saturated rings. The number of benzene rings is 3. The zero-order chi connectivity index (χ0) is 58.9. The van der Waals surface area contributed by atoms with Crippen LogP contribution in [0.4, 0.5) is 0 Å². The third-order valence-electron chi connectivity index (χ3n) is 17.5. The van der Waals surface area contributed by atoms with Gasteiger partial charge in [-0.2, -0.15) is 0 Å². The predicted octanol–water partition coefficient (Wildman–Crippen LogP) is 15.0. The van der Waals surface area contributed by atoms with Gasteiger partial charge in [-0.15, -0.1) is 68.0 Å². The summed E-state index contributed by atoms with van der Waals surface area (Å²) in [4.78, 5) is 83.3. The average Bonchev–Trinajstić information content (AvgIpc) is 1.91. The molecule has 12 nitrogen and oxygen atoms in total. The molecule has 3 aliphatic rings. The first-order chi connectivity index (χ1) is 40.4. The van der Waals surface area contributed by atoms with Crippen LogP contribution < -0.4 is 0 Å². The van der Waals surface area contributed by atoms with Crippen molar-refractivity contribution in [2.45, 2.75) is 59.3 Å². The van der Waals surface area contributed by atoms with Gasteiger partial charge in [0, 0.05) is 127 Å². The monoisotopic (exact) mass is 1230 g/mol. The van der Waals surface area contributed by atoms with E-state index in [4.69, 9.17) is 28.4 Å². The number of aryl methyl sites for hydroxylation is 3. The Kier molecular flexibility index (Phi) is 13.8. The molecule has 3 aliphatic carbocycles. The first-order valence-corrected chi connectivity index (χ1v) is 31.9. The fourth-order valence-electron chi connectivity index (χ4n) is 13.5. The summed E-state index contributed by atoms with van der Waals surface area (Å²) in [6, 6.07) is 32.2. The number of rotatable bonds is 6. The lowest BCUT2D eigenvalue weighted by Gasteiger charge is -2.22. The Bertz CT molecular complexity index is 4320. The van der Waals surface area contributed by atoms with Crippen LogP contribution in [0, 0.1) is 37.0 Å². The van der Waals surface area contributed by atoms with Gasteiger partial charge in [-0.05, 0) is 162 Å². The fraction of sp³-hybridized carbons (Fsp3) is 0.273. The van der Waals surface area contributed by atoms with E-state index in [1.54, 1.807) is 68.0 Å². The number of fused-ring (bicyclic) bond motifs is 30. The number of thiophene rings is 6. The lowest BCUT2D eigenvalue weighted by molar-refractivity contribution is -0.170. The second-order valence-electron chi connectivity index (χ2n) is 22.0. The van der Waals surface area contributed by atoms with Crippen molar-refractivity contribution in [1.82, 2.24) is 0 Å². The Morgan fingerprint density at radius 3 is 0.679 bits per heavy atom. The normalized spacial score (nSPS) is 15.2. The van der Waals surface area contributed by atoms with Gasteiger partial charge in [0.2, 0.25) is 0 Å². The predicted molar refractivity (Wildman–Crippen MR) is 340 cm³/mol. The standard InChI is InChI=1S/C66H54O12S6/c1-31-22-34-43-10-13-46(79-43)49-17-20-53(83-49)56-36(24-33(3)38-26-65(29-41(38)56,60(69)75-6)61(70)76-7)45-12-15-48(81-45)51-18-21-54(84-51)57-35(23-32(2)39-27-66(30-42(39)57,62(71)77-8)63(72)78-9)44-11-14-47(80-44)50-16-19-52(82-50)55(34)40-28-64(25-37(31)40,58(67)73-4)59(68)74-5/h10-24H,25-30H2,1-9H3. The number of methoxy groups -OCH3 is 6. The van der Waals surface area contributed by atoms with Crippen LogP contribution in [0.15, 0.2) is 91.0 Å². The van der Waals surface area contributed by atoms with Crippen LogP contribution in [0.1, 0.15) is 50.1 Å². The Morgan fingerprint density at radius 1 is 0.286 bits per heavy atom. The lowest BCUT2D eigenvalue weighted by Crippen LogP contribution is -2.42. The van der Waals surface area contributed by atoms with Crippen molar-refractivity contribution < 1.29 is 57.2 Å². The van der Waals surface area contributed by atoms with Crippen LogP contribution in [-0.4, -0.2) is 78.5 Å². The molecule has 0 saturated heterocycles. The van der Waals surface area contributed by atoms with Crippen LogP contribution in [0.3, 0.4) is 0 Å². The van der Waals surface area contributed by atoms with Crippen molar-refractivity contribution in [2.24, 2.45) is 16.2 Å². The lowest BCUT2D eigenvalue weighted by atomic mass is 9.84. The molecule has 3 aromatic carbocycles. The van der Waals surface area contributed by atoms with Gasteiger partial charge in [0.1, 0.15) is 0 Å². The molecule has 10 aromatic rings. The van der Waals surface area contributed by atoms with Gasteiger partial charge in [0.05, 0.1) is 42.7 Å². The van der Waals surface area contributed by atoms with Gasteiger partial charge < -0.3 is 28.4 Å². The number of carbonyl (C=O) groups is 6. The zero-order valence-electron chi connectivity index (χ0n) is 47.3. The third-order valence-corrected chi connectivity index (χ3v) is 24.8. The van der Waals surface area contributed by atoms with E-state index in [2.05, 4.69) is 91.0 Å². The maximum atomic E-state index is 13.9. The van der Waals surface area contributed by atoms with Crippen molar-refractivity contribution in [3.63, 3.8) is 0 Å². The van der Waals surface area contributed by atoms with Gasteiger partial charge in [0.25, 0.3) is 0 Å². The number of hydrogen-bond acceptors (Lipinski definition) is 18. The summed E-state index contributed by atoms with van der Waals surface area (Å²) >= 11 is 9.93. The molecule has 7 heterocycles. The summed E-state index contributed by atoms with van der Waals surface area (Å²) in [6.45, 7) is 6.09. The number of ether oxygens (including phenoxy) is 6. The van der Waals surface area contributed by atoms with Crippen molar-refractivity contribution in [1.29, 1.82) is 0 Å². The topological polar surface area (TPSA) is 158 Å². The van der Waals surface area contributed by atoms with E-state index in [1.807, 2.05) is 20.8 Å². The minimum Gasteiger partial charge on any atom is -0.468 e. The van der Waals surface area contributed by atoms with Gasteiger partial charge >= 0.3 is 35.8 Å². The smallest absolute Gasteiger partial charge is 0.323 e. The molecule has 0 unspecified atom stereocenters. The van der Waals surface area contributed by atoms with Crippen LogP contribution in [-0.2, 0) is 95.7 Å². The van der Waals surface area contributed by atoms with E-state index in [1.165, 1.54) is 42.7 Å². The molecule has 0 aliphatic heterocycles. The van der Waals surface area contributed by atoms with Gasteiger partial charge in [-0.1, -0.05) is 0 Å². The molecule has 12 bridgehead atoms. The van der Waals surface area contributed by atoms with Gasteiger partial charge in [-0.3, -0.25) is 28.8 Å². The Labute approximate surface area is 505 Å². The molecule has 0 radical (unpaired) electrons. The summed E-state index contributed by atoms with van der Waals surface area (Å²) in [5.74, 6) is -3.85. The van der Waals surface area contributed by atoms with E-state index in [0.717, 1.165) is 139 Å². The highest BCUT2D eigenvalue weighted by Gasteiger charge is 2.56. The van der Waals surface area contributed by atoms with Crippen LogP contribution in [0.25, 0.3) is 88.7 Å². The second-order valence-corrected chi connectivity index (χ2v) is 28.5. The number of esters is 6. The summed E-state index contributed by atoms with van der Waals surface area (Å²) in [6.07, 6.45) is 0.674. The minimum absolute atomic E-state index is 0.0922. The van der Waals surface area contributed by atoms with Crippen molar-refractivity contribution in [3.05, 3.63) is 141 Å². The molecule has 0 atom stereocenters. The molecule has 0 spiro atoms. The average molecular weight is 1230 g/mol. The van der Waals surface area contributed by atoms with E-state index < -0.39 is 52.1 Å². The first-order valence-electron chi connectivity index (χ1n) is 27.0. The molecular formula is C66H54O12S6. The number of hydrogen-bond donors (Lipinski definition) is 0. The number of carbonyl (C=O) groups excluding carboxylic acids is 6. The Hall–Kier alpha value is -7.32. The van der Waals surface area contributed by atoms with Crippen molar-refractivity contribution in [3.8, 4) is 0 Å². The SMILES string of the molecule is COC(=O)C1(C(=O)OC)Cc2c(C)cc3c4ccc(s4)c4ccc(s4)c4c5c(c(C)cc4c4ccc(s4)c4ccc(s4)c4c6c(c(C)cc4c4ccc(s4)c4ccc(s4)c3c2C1)CC(C(=O)OC)(C(=O)OC)C6)CC(C(=O)OC)(C(=O)OC)C5. The largest absolute Gasteiger partial charge is 0.468 e. The van der Waals surface area contributed by atoms with Crippen molar-refractivity contribution >= 4 is 193 Å². The highest BCUT2D eigenvalue weighted by molar-refractivity contribution is 7.33. The second kappa shape index (κ2) is 20.7. The van der Waals surface area contributed by atoms with Gasteiger partial charge in [0.15, 0.2) is 16.2 Å². The molecule has 0 saturated carbocycles. The summed E-state index contributed by atoms with van der Waals surface area (Å²) < 4.78 is 44.3. The Balaban J connectivity index is 1.18. The van der Waals surface area contributed by atoms with Crippen LogP contribution >= 0.6 is 68.0 Å².